The van der Waals surface area contributed by atoms with Crippen molar-refractivity contribution in [2.45, 2.75) is 90.1 Å². The molecule has 0 amide bonds. The second-order valence-electron chi connectivity index (χ2n) is 11.4. The molecule has 0 radical (unpaired) electrons. The Bertz CT molecular complexity index is 1510. The van der Waals surface area contributed by atoms with Crippen molar-refractivity contribution < 1.29 is 10.0 Å². The summed E-state index contributed by atoms with van der Waals surface area (Å²) in [5.41, 5.74) is 2.50. The van der Waals surface area contributed by atoms with E-state index in [2.05, 4.69) is 65.3 Å². The minimum atomic E-state index is -1.34. The SMILES string of the molecule is CCc1nc(Cl)c(-c2ccccc2)c(NC2CCCC2)n1.CCc1nc(Cl)c(I)c(NC2CCCC2)n1.OB(O)c1ccccc1. The summed E-state index contributed by atoms with van der Waals surface area (Å²) in [7, 11) is -1.34. The van der Waals surface area contributed by atoms with E-state index in [0.29, 0.717) is 27.9 Å². The zero-order valence-corrected chi connectivity index (χ0v) is 30.1. The number of benzene rings is 2. The van der Waals surface area contributed by atoms with Gasteiger partial charge in [0, 0.05) is 24.9 Å². The normalized spacial score (nSPS) is 14.6. The van der Waals surface area contributed by atoms with Crippen molar-refractivity contribution >= 4 is 70.0 Å². The molecule has 4 N–H and O–H groups in total. The molecule has 2 heterocycles. The first-order valence-corrected chi connectivity index (χ1v) is 17.9. The highest BCUT2D eigenvalue weighted by Crippen LogP contribution is 2.34. The first-order chi connectivity index (χ1) is 22.3. The van der Waals surface area contributed by atoms with Crippen LogP contribution >= 0.6 is 45.8 Å². The standard InChI is InChI=1S/C17H20ClN3.C11H15ClIN3.C6H7BO2/c1-2-14-20-16(18)15(12-8-4-3-5-9-12)17(21-14)19-13-10-6-7-11-13;1-2-8-15-10(12)9(13)11(16-8)14-7-5-3-4-6-7;8-7(9)6-4-2-1-3-5-6/h3-5,8-9,13H,2,6-7,10-11H2,1H3,(H,19,20,21);7H,2-6H2,1H3,(H,14,15,16);1-5,8-9H. The summed E-state index contributed by atoms with van der Waals surface area (Å²) in [6.07, 6.45) is 11.7. The van der Waals surface area contributed by atoms with Crippen LogP contribution in [0.1, 0.15) is 76.9 Å². The molecule has 0 spiro atoms. The van der Waals surface area contributed by atoms with Gasteiger partial charge in [-0.05, 0) is 59.3 Å². The summed E-state index contributed by atoms with van der Waals surface area (Å²) in [6.45, 7) is 4.09. The number of rotatable bonds is 8. The van der Waals surface area contributed by atoms with E-state index in [1.54, 1.807) is 24.3 Å². The van der Waals surface area contributed by atoms with Gasteiger partial charge in [0.15, 0.2) is 0 Å². The number of anilines is 2. The predicted octanol–water partition coefficient (Wildman–Crippen LogP) is 7.73. The van der Waals surface area contributed by atoms with E-state index in [1.807, 2.05) is 38.1 Å². The molecule has 8 nitrogen and oxygen atoms in total. The van der Waals surface area contributed by atoms with Crippen molar-refractivity contribution in [2.75, 3.05) is 10.6 Å². The Morgan fingerprint density at radius 2 is 1.15 bits per heavy atom. The van der Waals surface area contributed by atoms with Crippen LogP contribution in [0.3, 0.4) is 0 Å². The number of halogens is 3. The van der Waals surface area contributed by atoms with Gasteiger partial charge in [-0.1, -0.05) is 123 Å². The van der Waals surface area contributed by atoms with Crippen LogP contribution in [0.15, 0.2) is 60.7 Å². The molecule has 2 fully saturated rings. The van der Waals surface area contributed by atoms with Gasteiger partial charge in [0.25, 0.3) is 0 Å². The van der Waals surface area contributed by atoms with Crippen molar-refractivity contribution in [2.24, 2.45) is 0 Å². The lowest BCUT2D eigenvalue weighted by Gasteiger charge is -2.18. The summed E-state index contributed by atoms with van der Waals surface area (Å²) >= 11 is 14.7. The van der Waals surface area contributed by atoms with Crippen molar-refractivity contribution in [1.29, 1.82) is 0 Å². The Kier molecular flexibility index (Phi) is 14.8. The first-order valence-electron chi connectivity index (χ1n) is 16.1. The van der Waals surface area contributed by atoms with E-state index in [9.17, 15) is 0 Å². The van der Waals surface area contributed by atoms with Gasteiger partial charge >= 0.3 is 7.12 Å². The third-order valence-electron chi connectivity index (χ3n) is 7.95. The van der Waals surface area contributed by atoms with Crippen molar-refractivity contribution in [3.8, 4) is 11.1 Å². The van der Waals surface area contributed by atoms with Gasteiger partial charge < -0.3 is 20.7 Å². The minimum Gasteiger partial charge on any atom is -0.423 e. The Balaban J connectivity index is 0.000000170. The predicted molar refractivity (Wildman–Crippen MR) is 199 cm³/mol. The molecule has 2 aliphatic carbocycles. The molecule has 0 saturated heterocycles. The summed E-state index contributed by atoms with van der Waals surface area (Å²) in [6, 6.07) is 19.9. The number of aromatic nitrogens is 4. The quantitative estimate of drug-likeness (QED) is 0.0818. The zero-order valence-electron chi connectivity index (χ0n) is 26.4. The first kappa shape index (κ1) is 36.3. The lowest BCUT2D eigenvalue weighted by atomic mass is 9.81. The fourth-order valence-corrected chi connectivity index (χ4v) is 6.35. The molecule has 244 valence electrons. The van der Waals surface area contributed by atoms with E-state index in [-0.39, 0.29) is 0 Å². The van der Waals surface area contributed by atoms with Gasteiger partial charge in [-0.3, -0.25) is 0 Å². The summed E-state index contributed by atoms with van der Waals surface area (Å²) in [5, 5.41) is 25.3. The van der Waals surface area contributed by atoms with E-state index >= 15 is 0 Å². The zero-order chi connectivity index (χ0) is 32.9. The Morgan fingerprint density at radius 1 is 0.696 bits per heavy atom. The lowest BCUT2D eigenvalue weighted by molar-refractivity contribution is 0.426. The van der Waals surface area contributed by atoms with Crippen LogP contribution in [0.2, 0.25) is 10.3 Å². The molecule has 0 unspecified atom stereocenters. The summed E-state index contributed by atoms with van der Waals surface area (Å²) in [5.74, 6) is 3.39. The number of nitrogens with one attached hydrogen (secondary N) is 2. The Labute approximate surface area is 296 Å². The number of hydrogen-bond donors (Lipinski definition) is 4. The Hall–Kier alpha value is -2.51. The van der Waals surface area contributed by atoms with Crippen molar-refractivity contribution in [1.82, 2.24) is 19.9 Å². The molecule has 2 aliphatic rings. The maximum Gasteiger partial charge on any atom is 0.488 e. The smallest absolute Gasteiger partial charge is 0.423 e. The monoisotopic (exact) mass is 774 g/mol. The largest absolute Gasteiger partial charge is 0.488 e. The van der Waals surface area contributed by atoms with Crippen LogP contribution in [-0.4, -0.2) is 49.2 Å². The van der Waals surface area contributed by atoms with Gasteiger partial charge in [0.2, 0.25) is 0 Å². The molecule has 0 atom stereocenters. The highest BCUT2D eigenvalue weighted by Gasteiger charge is 2.21. The average molecular weight is 775 g/mol. The number of hydrogen-bond acceptors (Lipinski definition) is 8. The minimum absolute atomic E-state index is 0.503. The van der Waals surface area contributed by atoms with Crippen LogP contribution in [-0.2, 0) is 12.8 Å². The second-order valence-corrected chi connectivity index (χ2v) is 13.2. The molecule has 2 aromatic heterocycles. The fourth-order valence-electron chi connectivity index (χ4n) is 5.47. The summed E-state index contributed by atoms with van der Waals surface area (Å²) < 4.78 is 0.934. The highest BCUT2D eigenvalue weighted by molar-refractivity contribution is 14.1. The summed E-state index contributed by atoms with van der Waals surface area (Å²) in [4.78, 5) is 17.8. The molecule has 46 heavy (non-hydrogen) atoms. The van der Waals surface area contributed by atoms with Gasteiger partial charge in [-0.15, -0.1) is 0 Å². The molecular weight excluding hydrogens is 733 g/mol. The van der Waals surface area contributed by atoms with E-state index in [4.69, 9.17) is 33.2 Å². The molecule has 4 aromatic rings. The molecule has 2 aromatic carbocycles. The van der Waals surface area contributed by atoms with Gasteiger partial charge in [0.05, 0.1) is 9.13 Å². The topological polar surface area (TPSA) is 116 Å². The van der Waals surface area contributed by atoms with Gasteiger partial charge in [0.1, 0.15) is 33.6 Å². The second kappa shape index (κ2) is 18.7. The lowest BCUT2D eigenvalue weighted by Crippen LogP contribution is -2.29. The van der Waals surface area contributed by atoms with Crippen LogP contribution in [0.5, 0.6) is 0 Å². The highest BCUT2D eigenvalue weighted by atomic mass is 127. The van der Waals surface area contributed by atoms with Crippen molar-refractivity contribution in [3.05, 3.63) is 86.2 Å². The fraction of sp³-hybridized carbons (Fsp3) is 0.412. The number of nitrogens with zero attached hydrogens (tertiary/aromatic N) is 4. The molecule has 0 aliphatic heterocycles. The van der Waals surface area contributed by atoms with Crippen LogP contribution < -0.4 is 16.1 Å². The maximum atomic E-state index is 8.58. The number of aryl methyl sites for hydroxylation is 2. The molecular formula is C34H42BCl2IN6O2. The van der Waals surface area contributed by atoms with Crippen molar-refractivity contribution in [3.63, 3.8) is 0 Å². The third kappa shape index (κ3) is 10.8. The van der Waals surface area contributed by atoms with Gasteiger partial charge in [-0.25, -0.2) is 19.9 Å². The molecule has 0 bridgehead atoms. The Morgan fingerprint density at radius 3 is 1.63 bits per heavy atom. The van der Waals surface area contributed by atoms with Gasteiger partial charge in [-0.2, -0.15) is 0 Å². The molecule has 6 rings (SSSR count). The third-order valence-corrected chi connectivity index (χ3v) is 9.84. The van der Waals surface area contributed by atoms with E-state index in [1.165, 1.54) is 51.4 Å². The van der Waals surface area contributed by atoms with Crippen LogP contribution in [0.4, 0.5) is 11.6 Å². The van der Waals surface area contributed by atoms with Crippen LogP contribution in [0, 0.1) is 3.57 Å². The van der Waals surface area contributed by atoms with Crippen LogP contribution in [0.25, 0.3) is 11.1 Å². The van der Waals surface area contributed by atoms with E-state index < -0.39 is 7.12 Å². The molecule has 2 saturated carbocycles. The molecule has 12 heteroatoms. The maximum absolute atomic E-state index is 8.58. The van der Waals surface area contributed by atoms with E-state index in [0.717, 1.165) is 50.8 Å². The average Bonchev–Trinajstić information content (AvgIpc) is 3.79.